The summed E-state index contributed by atoms with van der Waals surface area (Å²) >= 11 is 12.0. The highest BCUT2D eigenvalue weighted by molar-refractivity contribution is 6.39. The zero-order valence-corrected chi connectivity index (χ0v) is 13.0. The number of nitro benzene ring substituents is 1. The molecule has 0 amide bonds. The lowest BCUT2D eigenvalue weighted by Gasteiger charge is -2.25. The molecule has 0 atom stereocenters. The first-order chi connectivity index (χ1) is 9.26. The standard InChI is InChI=1S/C13H18Cl2N2O3/c1-13(2,4-3-5-18)8-16-12-10(14)6-9(17(19)20)7-11(12)15/h6-7,16,18H,3-5,8H2,1-2H3. The van der Waals surface area contributed by atoms with Gasteiger partial charge in [-0.1, -0.05) is 37.0 Å². The zero-order chi connectivity index (χ0) is 15.3. The molecule has 0 saturated heterocycles. The monoisotopic (exact) mass is 320 g/mol. The van der Waals surface area contributed by atoms with Crippen molar-refractivity contribution < 1.29 is 10.0 Å². The Morgan fingerprint density at radius 3 is 2.35 bits per heavy atom. The van der Waals surface area contributed by atoms with Crippen LogP contribution in [-0.4, -0.2) is 23.2 Å². The molecule has 0 unspecified atom stereocenters. The first kappa shape index (κ1) is 17.0. The SMILES string of the molecule is CC(C)(CCCO)CNc1c(Cl)cc([N+](=O)[O-])cc1Cl. The highest BCUT2D eigenvalue weighted by atomic mass is 35.5. The fourth-order valence-electron chi connectivity index (χ4n) is 1.81. The number of nitrogens with one attached hydrogen (secondary N) is 1. The predicted molar refractivity (Wildman–Crippen MR) is 81.7 cm³/mol. The molecule has 0 aliphatic rings. The molecule has 0 aromatic heterocycles. The molecule has 0 aliphatic carbocycles. The minimum Gasteiger partial charge on any atom is -0.396 e. The summed E-state index contributed by atoms with van der Waals surface area (Å²) in [5.74, 6) is 0. The van der Waals surface area contributed by atoms with Crippen molar-refractivity contribution in [3.8, 4) is 0 Å². The van der Waals surface area contributed by atoms with Crippen LogP contribution in [0.25, 0.3) is 0 Å². The minimum absolute atomic E-state index is 0.0445. The molecular formula is C13H18Cl2N2O3. The summed E-state index contributed by atoms with van der Waals surface area (Å²) in [6.07, 6.45) is 1.56. The van der Waals surface area contributed by atoms with E-state index < -0.39 is 4.92 Å². The van der Waals surface area contributed by atoms with Gasteiger partial charge in [0, 0.05) is 25.3 Å². The van der Waals surface area contributed by atoms with Gasteiger partial charge in [0.25, 0.3) is 5.69 Å². The number of halogens is 2. The van der Waals surface area contributed by atoms with Crippen LogP contribution in [0.2, 0.25) is 10.0 Å². The number of benzene rings is 1. The van der Waals surface area contributed by atoms with E-state index in [9.17, 15) is 10.1 Å². The number of hydrogen-bond donors (Lipinski definition) is 2. The summed E-state index contributed by atoms with van der Waals surface area (Å²) < 4.78 is 0. The number of aliphatic hydroxyl groups is 1. The highest BCUT2D eigenvalue weighted by Gasteiger charge is 2.20. The number of hydrogen-bond acceptors (Lipinski definition) is 4. The van der Waals surface area contributed by atoms with Crippen LogP contribution in [-0.2, 0) is 0 Å². The first-order valence-electron chi connectivity index (χ1n) is 6.25. The van der Waals surface area contributed by atoms with Crippen molar-refractivity contribution in [3.05, 3.63) is 32.3 Å². The minimum atomic E-state index is -0.535. The fourth-order valence-corrected chi connectivity index (χ4v) is 2.42. The van der Waals surface area contributed by atoms with Crippen molar-refractivity contribution in [2.24, 2.45) is 5.41 Å². The summed E-state index contributed by atoms with van der Waals surface area (Å²) in [5, 5.41) is 23.1. The summed E-state index contributed by atoms with van der Waals surface area (Å²) in [6, 6.07) is 2.55. The molecule has 1 aromatic rings. The van der Waals surface area contributed by atoms with Gasteiger partial charge < -0.3 is 10.4 Å². The van der Waals surface area contributed by atoms with Crippen LogP contribution >= 0.6 is 23.2 Å². The molecule has 112 valence electrons. The summed E-state index contributed by atoms with van der Waals surface area (Å²) in [5.41, 5.74) is 0.318. The van der Waals surface area contributed by atoms with Crippen molar-refractivity contribution in [3.63, 3.8) is 0 Å². The molecule has 0 bridgehead atoms. The van der Waals surface area contributed by atoms with Crippen LogP contribution in [0.3, 0.4) is 0 Å². The second kappa shape index (κ2) is 7.11. The molecule has 2 N–H and O–H groups in total. The molecule has 0 saturated carbocycles. The van der Waals surface area contributed by atoms with E-state index >= 15 is 0 Å². The van der Waals surface area contributed by atoms with Crippen LogP contribution in [0.4, 0.5) is 11.4 Å². The van der Waals surface area contributed by atoms with E-state index in [1.165, 1.54) is 12.1 Å². The Balaban J connectivity index is 2.81. The van der Waals surface area contributed by atoms with Crippen LogP contribution < -0.4 is 5.32 Å². The quantitative estimate of drug-likeness (QED) is 0.585. The molecule has 7 heteroatoms. The maximum atomic E-state index is 10.7. The highest BCUT2D eigenvalue weighted by Crippen LogP contribution is 2.35. The second-order valence-corrected chi connectivity index (χ2v) is 6.20. The Kier molecular flexibility index (Phi) is 6.05. The molecule has 20 heavy (non-hydrogen) atoms. The van der Waals surface area contributed by atoms with Crippen molar-refractivity contribution in [2.45, 2.75) is 26.7 Å². The van der Waals surface area contributed by atoms with Crippen molar-refractivity contribution in [2.75, 3.05) is 18.5 Å². The van der Waals surface area contributed by atoms with Crippen LogP contribution in [0.1, 0.15) is 26.7 Å². The summed E-state index contributed by atoms with van der Waals surface area (Å²) in [7, 11) is 0. The van der Waals surface area contributed by atoms with Gasteiger partial charge in [0.05, 0.1) is 20.7 Å². The number of nitrogens with zero attached hydrogens (tertiary/aromatic N) is 1. The zero-order valence-electron chi connectivity index (χ0n) is 11.4. The van der Waals surface area contributed by atoms with Gasteiger partial charge in [0.2, 0.25) is 0 Å². The maximum absolute atomic E-state index is 10.7. The topological polar surface area (TPSA) is 75.4 Å². The lowest BCUT2D eigenvalue weighted by Crippen LogP contribution is -2.23. The molecule has 0 heterocycles. The predicted octanol–water partition coefficient (Wildman–Crippen LogP) is 4.11. The first-order valence-corrected chi connectivity index (χ1v) is 7.00. The Labute approximate surface area is 128 Å². The van der Waals surface area contributed by atoms with E-state index in [0.717, 1.165) is 12.8 Å². The number of anilines is 1. The molecule has 1 rings (SSSR count). The molecule has 0 aliphatic heterocycles. The van der Waals surface area contributed by atoms with Gasteiger partial charge >= 0.3 is 0 Å². The molecule has 5 nitrogen and oxygen atoms in total. The van der Waals surface area contributed by atoms with Gasteiger partial charge in [0.15, 0.2) is 0 Å². The number of aliphatic hydroxyl groups excluding tert-OH is 1. The number of rotatable bonds is 7. The fraction of sp³-hybridized carbons (Fsp3) is 0.538. The van der Waals surface area contributed by atoms with Gasteiger partial charge in [-0.2, -0.15) is 0 Å². The Hall–Kier alpha value is -1.04. The second-order valence-electron chi connectivity index (χ2n) is 5.39. The van der Waals surface area contributed by atoms with E-state index in [4.69, 9.17) is 28.3 Å². The van der Waals surface area contributed by atoms with E-state index in [1.54, 1.807) is 0 Å². The third kappa shape index (κ3) is 4.81. The molecule has 0 spiro atoms. The average molecular weight is 321 g/mol. The lowest BCUT2D eigenvalue weighted by molar-refractivity contribution is -0.384. The smallest absolute Gasteiger partial charge is 0.272 e. The number of non-ortho nitro benzene ring substituents is 1. The molecular weight excluding hydrogens is 303 g/mol. The van der Waals surface area contributed by atoms with E-state index in [-0.39, 0.29) is 27.8 Å². The van der Waals surface area contributed by atoms with Gasteiger partial charge in [-0.05, 0) is 18.3 Å². The van der Waals surface area contributed by atoms with E-state index in [2.05, 4.69) is 19.2 Å². The van der Waals surface area contributed by atoms with Crippen LogP contribution in [0.15, 0.2) is 12.1 Å². The van der Waals surface area contributed by atoms with Gasteiger partial charge in [-0.15, -0.1) is 0 Å². The van der Waals surface area contributed by atoms with Crippen LogP contribution in [0.5, 0.6) is 0 Å². The van der Waals surface area contributed by atoms with Crippen molar-refractivity contribution >= 4 is 34.6 Å². The van der Waals surface area contributed by atoms with Gasteiger partial charge in [-0.3, -0.25) is 10.1 Å². The normalized spacial score (nSPS) is 11.4. The lowest BCUT2D eigenvalue weighted by atomic mass is 9.88. The molecule has 0 radical (unpaired) electrons. The Morgan fingerprint density at radius 1 is 1.35 bits per heavy atom. The van der Waals surface area contributed by atoms with E-state index in [0.29, 0.717) is 12.2 Å². The van der Waals surface area contributed by atoms with Crippen LogP contribution in [0, 0.1) is 15.5 Å². The van der Waals surface area contributed by atoms with Crippen molar-refractivity contribution in [1.82, 2.24) is 0 Å². The Bertz CT molecular complexity index is 469. The average Bonchev–Trinajstić information content (AvgIpc) is 2.35. The molecule has 0 fully saturated rings. The summed E-state index contributed by atoms with van der Waals surface area (Å²) in [6.45, 7) is 4.87. The number of nitro groups is 1. The Morgan fingerprint density at radius 2 is 1.90 bits per heavy atom. The van der Waals surface area contributed by atoms with Gasteiger partial charge in [-0.25, -0.2) is 0 Å². The van der Waals surface area contributed by atoms with Crippen molar-refractivity contribution in [1.29, 1.82) is 0 Å². The largest absolute Gasteiger partial charge is 0.396 e. The third-order valence-electron chi connectivity index (χ3n) is 2.99. The molecule has 1 aromatic carbocycles. The maximum Gasteiger partial charge on any atom is 0.272 e. The third-order valence-corrected chi connectivity index (χ3v) is 3.59. The van der Waals surface area contributed by atoms with Gasteiger partial charge in [0.1, 0.15) is 0 Å². The summed E-state index contributed by atoms with van der Waals surface area (Å²) in [4.78, 5) is 10.2. The van der Waals surface area contributed by atoms with E-state index in [1.807, 2.05) is 0 Å².